The number of hydrogen-bond acceptors (Lipinski definition) is 2. The van der Waals surface area contributed by atoms with E-state index in [0.29, 0.717) is 13.2 Å². The van der Waals surface area contributed by atoms with E-state index >= 15 is 0 Å². The maximum atomic E-state index is 9.98. The number of carbonyl (C=O) groups excluding carboxylic acids is 1. The standard InChI is InChI=1S/C5H7NO2/c7-5-6-1-3-8-4-2-6/h1,3,5H,2,4H2. The molecule has 0 atom stereocenters. The first-order chi connectivity index (χ1) is 3.93. The van der Waals surface area contributed by atoms with Gasteiger partial charge in [0.15, 0.2) is 0 Å². The molecule has 0 fully saturated rings. The number of hydrogen-bond donors (Lipinski definition) is 0. The first-order valence-corrected chi connectivity index (χ1v) is 2.43. The van der Waals surface area contributed by atoms with Crippen LogP contribution in [-0.4, -0.2) is 24.5 Å². The molecule has 0 unspecified atom stereocenters. The molecule has 8 heavy (non-hydrogen) atoms. The molecule has 0 aromatic rings. The van der Waals surface area contributed by atoms with E-state index in [1.54, 1.807) is 6.20 Å². The average molecular weight is 113 g/mol. The molecule has 1 aliphatic rings. The number of amides is 1. The fraction of sp³-hybridized carbons (Fsp3) is 0.400. The molecular weight excluding hydrogens is 106 g/mol. The molecule has 1 heterocycles. The Bertz CT molecular complexity index is 111. The van der Waals surface area contributed by atoms with Gasteiger partial charge in [0.2, 0.25) is 6.41 Å². The van der Waals surface area contributed by atoms with Crippen LogP contribution in [0.3, 0.4) is 0 Å². The van der Waals surface area contributed by atoms with Gasteiger partial charge in [0.1, 0.15) is 6.61 Å². The minimum atomic E-state index is 0.606. The second kappa shape index (κ2) is 2.35. The van der Waals surface area contributed by atoms with Crippen molar-refractivity contribution in [1.82, 2.24) is 4.90 Å². The van der Waals surface area contributed by atoms with Gasteiger partial charge >= 0.3 is 0 Å². The SMILES string of the molecule is O=CN1C=COCC1. The summed E-state index contributed by atoms with van der Waals surface area (Å²) in [6.07, 6.45) is 3.90. The van der Waals surface area contributed by atoms with Crippen LogP contribution in [0, 0.1) is 0 Å². The Morgan fingerprint density at radius 1 is 1.75 bits per heavy atom. The van der Waals surface area contributed by atoms with Crippen molar-refractivity contribution in [2.45, 2.75) is 0 Å². The summed E-state index contributed by atoms with van der Waals surface area (Å²) in [4.78, 5) is 11.5. The van der Waals surface area contributed by atoms with Crippen LogP contribution < -0.4 is 0 Å². The van der Waals surface area contributed by atoms with Gasteiger partial charge in [-0.25, -0.2) is 0 Å². The van der Waals surface area contributed by atoms with Crippen LogP contribution in [0.5, 0.6) is 0 Å². The van der Waals surface area contributed by atoms with E-state index in [9.17, 15) is 4.79 Å². The summed E-state index contributed by atoms with van der Waals surface area (Å²) < 4.78 is 4.82. The topological polar surface area (TPSA) is 29.5 Å². The maximum absolute atomic E-state index is 9.98. The van der Waals surface area contributed by atoms with Crippen molar-refractivity contribution < 1.29 is 9.53 Å². The van der Waals surface area contributed by atoms with Crippen molar-refractivity contribution in [3.63, 3.8) is 0 Å². The molecular formula is C5H7NO2. The smallest absolute Gasteiger partial charge is 0.213 e. The van der Waals surface area contributed by atoms with E-state index in [0.717, 1.165) is 6.41 Å². The van der Waals surface area contributed by atoms with Gasteiger partial charge in [-0.3, -0.25) is 4.79 Å². The lowest BCUT2D eigenvalue weighted by atomic mass is 10.6. The van der Waals surface area contributed by atoms with Crippen LogP contribution in [0.15, 0.2) is 12.5 Å². The molecule has 0 aliphatic carbocycles. The fourth-order valence-electron chi connectivity index (χ4n) is 0.510. The summed E-state index contributed by atoms with van der Waals surface area (Å²) in [5, 5.41) is 0. The molecule has 0 N–H and O–H groups in total. The van der Waals surface area contributed by atoms with E-state index in [4.69, 9.17) is 4.74 Å². The van der Waals surface area contributed by atoms with Crippen LogP contribution in [-0.2, 0) is 9.53 Å². The second-order valence-electron chi connectivity index (χ2n) is 1.50. The number of ether oxygens (including phenoxy) is 1. The Labute approximate surface area is 47.5 Å². The van der Waals surface area contributed by atoms with Gasteiger partial charge < -0.3 is 9.64 Å². The summed E-state index contributed by atoms with van der Waals surface area (Å²) >= 11 is 0. The molecule has 0 spiro atoms. The third kappa shape index (κ3) is 0.992. The first-order valence-electron chi connectivity index (χ1n) is 2.43. The van der Waals surface area contributed by atoms with Crippen LogP contribution >= 0.6 is 0 Å². The molecule has 1 amide bonds. The third-order valence-corrected chi connectivity index (χ3v) is 0.951. The molecule has 1 rings (SSSR count). The van der Waals surface area contributed by atoms with Crippen LogP contribution in [0.2, 0.25) is 0 Å². The highest BCUT2D eigenvalue weighted by Crippen LogP contribution is 1.92. The van der Waals surface area contributed by atoms with Gasteiger partial charge in [-0.2, -0.15) is 0 Å². The van der Waals surface area contributed by atoms with E-state index in [2.05, 4.69) is 0 Å². The van der Waals surface area contributed by atoms with Crippen molar-refractivity contribution in [3.05, 3.63) is 12.5 Å². The predicted molar refractivity (Wildman–Crippen MR) is 27.9 cm³/mol. The Balaban J connectivity index is 2.42. The van der Waals surface area contributed by atoms with Gasteiger partial charge in [0, 0.05) is 6.20 Å². The minimum Gasteiger partial charge on any atom is -0.498 e. The normalized spacial score (nSPS) is 17.8. The zero-order valence-corrected chi connectivity index (χ0v) is 4.41. The van der Waals surface area contributed by atoms with Gasteiger partial charge in [-0.15, -0.1) is 0 Å². The average Bonchev–Trinajstić information content (AvgIpc) is 1.90. The van der Waals surface area contributed by atoms with Gasteiger partial charge in [-0.05, 0) is 0 Å². The largest absolute Gasteiger partial charge is 0.498 e. The van der Waals surface area contributed by atoms with Crippen molar-refractivity contribution >= 4 is 6.41 Å². The lowest BCUT2D eigenvalue weighted by Crippen LogP contribution is -2.22. The molecule has 3 nitrogen and oxygen atoms in total. The van der Waals surface area contributed by atoms with Gasteiger partial charge in [0.25, 0.3) is 0 Å². The highest BCUT2D eigenvalue weighted by Gasteiger charge is 1.98. The summed E-state index contributed by atoms with van der Waals surface area (Å²) in [6, 6.07) is 0. The molecule has 3 heteroatoms. The third-order valence-electron chi connectivity index (χ3n) is 0.951. The highest BCUT2D eigenvalue weighted by atomic mass is 16.5. The summed E-state index contributed by atoms with van der Waals surface area (Å²) in [5.74, 6) is 0. The van der Waals surface area contributed by atoms with Crippen LogP contribution in [0.25, 0.3) is 0 Å². The second-order valence-corrected chi connectivity index (χ2v) is 1.50. The number of rotatable bonds is 1. The van der Waals surface area contributed by atoms with Crippen LogP contribution in [0.1, 0.15) is 0 Å². The van der Waals surface area contributed by atoms with Crippen LogP contribution in [0.4, 0.5) is 0 Å². The summed E-state index contributed by atoms with van der Waals surface area (Å²) in [7, 11) is 0. The monoisotopic (exact) mass is 113 g/mol. The van der Waals surface area contributed by atoms with Gasteiger partial charge in [0.05, 0.1) is 12.8 Å². The van der Waals surface area contributed by atoms with Crippen molar-refractivity contribution in [1.29, 1.82) is 0 Å². The molecule has 0 aromatic carbocycles. The van der Waals surface area contributed by atoms with Crippen molar-refractivity contribution in [2.75, 3.05) is 13.2 Å². The zero-order valence-electron chi connectivity index (χ0n) is 4.41. The van der Waals surface area contributed by atoms with Crippen molar-refractivity contribution in [3.8, 4) is 0 Å². The van der Waals surface area contributed by atoms with E-state index in [-0.39, 0.29) is 0 Å². The zero-order chi connectivity index (χ0) is 5.82. The predicted octanol–water partition coefficient (Wildman–Crippen LogP) is -0.0538. The fourth-order valence-corrected chi connectivity index (χ4v) is 0.510. The highest BCUT2D eigenvalue weighted by molar-refractivity contribution is 5.48. The van der Waals surface area contributed by atoms with E-state index in [1.165, 1.54) is 11.2 Å². The molecule has 0 aromatic heterocycles. The first kappa shape index (κ1) is 5.15. The van der Waals surface area contributed by atoms with E-state index < -0.39 is 0 Å². The number of nitrogens with zero attached hydrogens (tertiary/aromatic N) is 1. The van der Waals surface area contributed by atoms with E-state index in [1.807, 2.05) is 0 Å². The Morgan fingerprint density at radius 3 is 3.00 bits per heavy atom. The molecule has 44 valence electrons. The van der Waals surface area contributed by atoms with Crippen molar-refractivity contribution in [2.24, 2.45) is 0 Å². The number of carbonyl (C=O) groups is 1. The Morgan fingerprint density at radius 2 is 2.62 bits per heavy atom. The Hall–Kier alpha value is -0.990. The minimum absolute atomic E-state index is 0.606. The molecule has 0 radical (unpaired) electrons. The maximum Gasteiger partial charge on any atom is 0.213 e. The Kier molecular flexibility index (Phi) is 1.51. The lowest BCUT2D eigenvalue weighted by molar-refractivity contribution is -0.116. The molecule has 0 bridgehead atoms. The molecule has 1 aliphatic heterocycles. The molecule has 0 saturated heterocycles. The summed E-state index contributed by atoms with van der Waals surface area (Å²) in [5.41, 5.74) is 0. The summed E-state index contributed by atoms with van der Waals surface area (Å²) in [6.45, 7) is 1.27. The molecule has 0 saturated carbocycles. The lowest BCUT2D eigenvalue weighted by Gasteiger charge is -2.15. The van der Waals surface area contributed by atoms with Gasteiger partial charge in [-0.1, -0.05) is 0 Å². The quantitative estimate of drug-likeness (QED) is 0.446.